The van der Waals surface area contributed by atoms with Gasteiger partial charge in [-0.15, -0.1) is 0 Å². The lowest BCUT2D eigenvalue weighted by Gasteiger charge is -2.13. The number of pyridine rings is 1. The van der Waals surface area contributed by atoms with Crippen LogP contribution >= 0.6 is 0 Å². The van der Waals surface area contributed by atoms with Crippen molar-refractivity contribution < 1.29 is 4.79 Å². The number of carbonyl (C=O) groups excluding carboxylic acids is 1. The summed E-state index contributed by atoms with van der Waals surface area (Å²) in [5.41, 5.74) is 2.37. The Hall–Kier alpha value is -1.64. The summed E-state index contributed by atoms with van der Waals surface area (Å²) in [5.74, 6) is 0.130. The third kappa shape index (κ3) is 1.66. The molecule has 1 aliphatic rings. The molecule has 0 bridgehead atoms. The second-order valence-electron chi connectivity index (χ2n) is 3.36. The number of rotatable bonds is 1. The lowest BCUT2D eigenvalue weighted by atomic mass is 10.1. The van der Waals surface area contributed by atoms with Crippen molar-refractivity contribution in [2.75, 3.05) is 13.1 Å². The van der Waals surface area contributed by atoms with Crippen LogP contribution in [0.4, 0.5) is 0 Å². The first-order valence-corrected chi connectivity index (χ1v) is 4.62. The minimum atomic E-state index is 0.130. The Kier molecular flexibility index (Phi) is 2.31. The van der Waals surface area contributed by atoms with Crippen LogP contribution in [0.3, 0.4) is 0 Å². The van der Waals surface area contributed by atoms with E-state index in [1.165, 1.54) is 5.57 Å². The minimum absolute atomic E-state index is 0.130. The number of nitrogens with zero attached hydrogens (tertiary/aromatic N) is 2. The van der Waals surface area contributed by atoms with Crippen molar-refractivity contribution in [3.63, 3.8) is 0 Å². The Balaban J connectivity index is 2.13. The van der Waals surface area contributed by atoms with Crippen molar-refractivity contribution in [2.45, 2.75) is 6.92 Å². The highest BCUT2D eigenvalue weighted by Gasteiger charge is 2.16. The van der Waals surface area contributed by atoms with E-state index in [2.05, 4.69) is 11.1 Å². The molecular weight excluding hydrogens is 176 g/mol. The van der Waals surface area contributed by atoms with Crippen LogP contribution in [-0.4, -0.2) is 28.9 Å². The van der Waals surface area contributed by atoms with Crippen LogP contribution in [0.25, 0.3) is 5.57 Å². The topological polar surface area (TPSA) is 33.2 Å². The third-order valence-electron chi connectivity index (χ3n) is 2.42. The van der Waals surface area contributed by atoms with Crippen LogP contribution in [-0.2, 0) is 4.79 Å². The fourth-order valence-corrected chi connectivity index (χ4v) is 1.57. The van der Waals surface area contributed by atoms with E-state index in [0.29, 0.717) is 0 Å². The number of aromatic nitrogens is 1. The second-order valence-corrected chi connectivity index (χ2v) is 3.36. The first-order chi connectivity index (χ1) is 6.77. The molecule has 0 saturated heterocycles. The Morgan fingerprint density at radius 3 is 2.71 bits per heavy atom. The van der Waals surface area contributed by atoms with Gasteiger partial charge in [-0.2, -0.15) is 0 Å². The summed E-state index contributed by atoms with van der Waals surface area (Å²) < 4.78 is 0. The zero-order valence-corrected chi connectivity index (χ0v) is 8.10. The molecule has 1 aromatic heterocycles. The zero-order chi connectivity index (χ0) is 9.97. The number of amides is 1. The van der Waals surface area contributed by atoms with Gasteiger partial charge in [0.25, 0.3) is 0 Å². The predicted octanol–water partition coefficient (Wildman–Crippen LogP) is 1.33. The average Bonchev–Trinajstić information content (AvgIpc) is 2.68. The number of carbonyl (C=O) groups is 1. The molecule has 0 saturated carbocycles. The van der Waals surface area contributed by atoms with E-state index in [1.807, 2.05) is 17.0 Å². The Bertz CT molecular complexity index is 370. The Labute approximate surface area is 83.1 Å². The van der Waals surface area contributed by atoms with Gasteiger partial charge >= 0.3 is 0 Å². The monoisotopic (exact) mass is 188 g/mol. The van der Waals surface area contributed by atoms with Crippen molar-refractivity contribution in [3.8, 4) is 0 Å². The van der Waals surface area contributed by atoms with Crippen LogP contribution < -0.4 is 0 Å². The molecule has 0 spiro atoms. The SMILES string of the molecule is CC(=O)N1CC=C(c2ccncc2)C1. The molecule has 0 atom stereocenters. The smallest absolute Gasteiger partial charge is 0.220 e. The first-order valence-electron chi connectivity index (χ1n) is 4.62. The Morgan fingerprint density at radius 2 is 2.14 bits per heavy atom. The fourth-order valence-electron chi connectivity index (χ4n) is 1.57. The van der Waals surface area contributed by atoms with Crippen molar-refractivity contribution in [2.24, 2.45) is 0 Å². The maximum Gasteiger partial charge on any atom is 0.220 e. The molecule has 0 aliphatic carbocycles. The summed E-state index contributed by atoms with van der Waals surface area (Å²) in [5, 5.41) is 0. The van der Waals surface area contributed by atoms with Gasteiger partial charge in [-0.1, -0.05) is 6.08 Å². The minimum Gasteiger partial charge on any atom is -0.335 e. The second kappa shape index (κ2) is 3.62. The summed E-state index contributed by atoms with van der Waals surface area (Å²) >= 11 is 0. The van der Waals surface area contributed by atoms with Crippen molar-refractivity contribution in [1.29, 1.82) is 0 Å². The van der Waals surface area contributed by atoms with Gasteiger partial charge in [-0.05, 0) is 23.3 Å². The highest BCUT2D eigenvalue weighted by molar-refractivity contribution is 5.80. The normalized spacial score (nSPS) is 15.5. The quantitative estimate of drug-likeness (QED) is 0.666. The molecule has 14 heavy (non-hydrogen) atoms. The first kappa shape index (κ1) is 8.94. The highest BCUT2D eigenvalue weighted by atomic mass is 16.2. The molecular formula is C11H12N2O. The molecule has 3 nitrogen and oxygen atoms in total. The standard InChI is InChI=1S/C11H12N2O/c1-9(14)13-7-4-11(8-13)10-2-5-12-6-3-10/h2-6H,7-8H2,1H3. The van der Waals surface area contributed by atoms with Gasteiger partial charge in [0.2, 0.25) is 5.91 Å². The lowest BCUT2D eigenvalue weighted by molar-refractivity contribution is -0.127. The summed E-state index contributed by atoms with van der Waals surface area (Å²) in [4.78, 5) is 16.9. The van der Waals surface area contributed by atoms with Gasteiger partial charge in [-0.3, -0.25) is 9.78 Å². The van der Waals surface area contributed by atoms with E-state index in [9.17, 15) is 4.79 Å². The van der Waals surface area contributed by atoms with E-state index in [0.717, 1.165) is 18.7 Å². The lowest BCUT2D eigenvalue weighted by Crippen LogP contribution is -2.25. The van der Waals surface area contributed by atoms with E-state index in [4.69, 9.17) is 0 Å². The van der Waals surface area contributed by atoms with Crippen LogP contribution in [0.5, 0.6) is 0 Å². The number of hydrogen-bond donors (Lipinski definition) is 0. The van der Waals surface area contributed by atoms with Gasteiger partial charge in [-0.25, -0.2) is 0 Å². The maximum absolute atomic E-state index is 11.1. The molecule has 3 heteroatoms. The van der Waals surface area contributed by atoms with Gasteiger partial charge in [0.15, 0.2) is 0 Å². The third-order valence-corrected chi connectivity index (χ3v) is 2.42. The molecule has 0 radical (unpaired) electrons. The molecule has 0 N–H and O–H groups in total. The van der Waals surface area contributed by atoms with E-state index in [1.54, 1.807) is 19.3 Å². The van der Waals surface area contributed by atoms with E-state index < -0.39 is 0 Å². The molecule has 2 heterocycles. The van der Waals surface area contributed by atoms with Crippen molar-refractivity contribution in [3.05, 3.63) is 36.2 Å². The molecule has 0 fully saturated rings. The summed E-state index contributed by atoms with van der Waals surface area (Å²) in [7, 11) is 0. The molecule has 2 rings (SSSR count). The van der Waals surface area contributed by atoms with Crippen LogP contribution in [0, 0.1) is 0 Å². The summed E-state index contributed by atoms with van der Waals surface area (Å²) in [6.07, 6.45) is 5.63. The largest absolute Gasteiger partial charge is 0.335 e. The van der Waals surface area contributed by atoms with Crippen molar-refractivity contribution in [1.82, 2.24) is 9.88 Å². The molecule has 0 aromatic carbocycles. The highest BCUT2D eigenvalue weighted by Crippen LogP contribution is 2.19. The van der Waals surface area contributed by atoms with E-state index in [-0.39, 0.29) is 5.91 Å². The fraction of sp³-hybridized carbons (Fsp3) is 0.273. The maximum atomic E-state index is 11.1. The molecule has 0 unspecified atom stereocenters. The summed E-state index contributed by atoms with van der Waals surface area (Å²) in [6, 6.07) is 3.94. The van der Waals surface area contributed by atoms with Gasteiger partial charge in [0.05, 0.1) is 0 Å². The van der Waals surface area contributed by atoms with Gasteiger partial charge < -0.3 is 4.90 Å². The molecule has 1 amide bonds. The average molecular weight is 188 g/mol. The zero-order valence-electron chi connectivity index (χ0n) is 8.10. The van der Waals surface area contributed by atoms with Crippen LogP contribution in [0.1, 0.15) is 12.5 Å². The van der Waals surface area contributed by atoms with Crippen LogP contribution in [0.2, 0.25) is 0 Å². The summed E-state index contributed by atoms with van der Waals surface area (Å²) in [6.45, 7) is 3.05. The molecule has 1 aliphatic heterocycles. The van der Waals surface area contributed by atoms with Gasteiger partial charge in [0.1, 0.15) is 0 Å². The molecule has 72 valence electrons. The van der Waals surface area contributed by atoms with Crippen LogP contribution in [0.15, 0.2) is 30.6 Å². The Morgan fingerprint density at radius 1 is 1.43 bits per heavy atom. The predicted molar refractivity (Wildman–Crippen MR) is 54.5 cm³/mol. The molecule has 1 aromatic rings. The van der Waals surface area contributed by atoms with Gasteiger partial charge in [0, 0.05) is 32.4 Å². The van der Waals surface area contributed by atoms with Crippen molar-refractivity contribution >= 4 is 11.5 Å². The van der Waals surface area contributed by atoms with E-state index >= 15 is 0 Å². The number of hydrogen-bond acceptors (Lipinski definition) is 2.